The van der Waals surface area contributed by atoms with Crippen LogP contribution in [0.1, 0.15) is 54.6 Å². The Bertz CT molecular complexity index is 1550. The summed E-state index contributed by atoms with van der Waals surface area (Å²) >= 11 is 0. The predicted octanol–water partition coefficient (Wildman–Crippen LogP) is 6.49. The topological polar surface area (TPSA) is 55.8 Å². The lowest BCUT2D eigenvalue weighted by atomic mass is 9.77. The molecule has 4 aromatic carbocycles. The van der Waals surface area contributed by atoms with Gasteiger partial charge in [-0.05, 0) is 86.3 Å². The number of likely N-dealkylation sites (N-methyl/N-ethyl adjacent to an activating group) is 1. The minimum Gasteiger partial charge on any atom is -0.419 e. The first-order valence-corrected chi connectivity index (χ1v) is 12.9. The SMILES string of the molecule is Cc1ccc(C(=O)Oc2ccc3c(c2OC(=O)c2ccc(C)cc2)-c2cccc4c2C(C3)N(C)CC4)cc1. The van der Waals surface area contributed by atoms with Crippen LogP contribution >= 0.6 is 0 Å². The number of ether oxygens (including phenoxy) is 2. The molecule has 0 radical (unpaired) electrons. The summed E-state index contributed by atoms with van der Waals surface area (Å²) in [4.78, 5) is 28.9. The van der Waals surface area contributed by atoms with Crippen molar-refractivity contribution in [2.75, 3.05) is 13.6 Å². The van der Waals surface area contributed by atoms with Crippen molar-refractivity contribution in [1.29, 1.82) is 0 Å². The van der Waals surface area contributed by atoms with E-state index < -0.39 is 11.9 Å². The molecule has 0 spiro atoms. The highest BCUT2D eigenvalue weighted by Crippen LogP contribution is 2.51. The number of hydrogen-bond acceptors (Lipinski definition) is 5. The first-order chi connectivity index (χ1) is 18.4. The molecule has 1 aliphatic carbocycles. The Hall–Kier alpha value is -4.22. The van der Waals surface area contributed by atoms with E-state index in [2.05, 4.69) is 30.1 Å². The molecule has 0 saturated heterocycles. The van der Waals surface area contributed by atoms with Crippen molar-refractivity contribution in [1.82, 2.24) is 4.90 Å². The highest BCUT2D eigenvalue weighted by Gasteiger charge is 2.35. The van der Waals surface area contributed by atoms with E-state index in [0.29, 0.717) is 11.1 Å². The molecule has 5 nitrogen and oxygen atoms in total. The van der Waals surface area contributed by atoms with Gasteiger partial charge in [-0.2, -0.15) is 0 Å². The van der Waals surface area contributed by atoms with E-state index in [9.17, 15) is 9.59 Å². The lowest BCUT2D eigenvalue weighted by Gasteiger charge is -2.40. The largest absolute Gasteiger partial charge is 0.419 e. The summed E-state index contributed by atoms with van der Waals surface area (Å²) in [6.07, 6.45) is 1.75. The van der Waals surface area contributed by atoms with E-state index in [1.807, 2.05) is 44.2 Å². The summed E-state index contributed by atoms with van der Waals surface area (Å²) in [5.41, 5.74) is 8.47. The van der Waals surface area contributed by atoms with Crippen LogP contribution in [-0.4, -0.2) is 30.4 Å². The maximum atomic E-state index is 13.3. The lowest BCUT2D eigenvalue weighted by Crippen LogP contribution is -2.35. The molecule has 1 heterocycles. The molecule has 1 unspecified atom stereocenters. The van der Waals surface area contributed by atoms with Gasteiger partial charge in [0.25, 0.3) is 0 Å². The Balaban J connectivity index is 1.48. The van der Waals surface area contributed by atoms with Crippen molar-refractivity contribution in [2.24, 2.45) is 0 Å². The zero-order valence-corrected chi connectivity index (χ0v) is 21.8. The summed E-state index contributed by atoms with van der Waals surface area (Å²) in [5.74, 6) is -0.472. The molecule has 0 bridgehead atoms. The number of aryl methyl sites for hydroxylation is 2. The van der Waals surface area contributed by atoms with Gasteiger partial charge in [0, 0.05) is 18.2 Å². The molecular weight excluding hydrogens is 474 g/mol. The summed E-state index contributed by atoms with van der Waals surface area (Å²) in [6, 6.07) is 24.8. The van der Waals surface area contributed by atoms with E-state index in [4.69, 9.17) is 9.47 Å². The monoisotopic (exact) mass is 503 g/mol. The number of carbonyl (C=O) groups excluding carboxylic acids is 2. The number of rotatable bonds is 4. The van der Waals surface area contributed by atoms with Crippen LogP contribution in [0.25, 0.3) is 11.1 Å². The van der Waals surface area contributed by atoms with Crippen molar-refractivity contribution in [3.63, 3.8) is 0 Å². The highest BCUT2D eigenvalue weighted by atomic mass is 16.6. The smallest absolute Gasteiger partial charge is 0.343 e. The lowest BCUT2D eigenvalue weighted by molar-refractivity contribution is 0.0683. The summed E-state index contributed by atoms with van der Waals surface area (Å²) in [5, 5.41) is 0. The quantitative estimate of drug-likeness (QED) is 0.235. The van der Waals surface area contributed by atoms with Crippen LogP contribution in [-0.2, 0) is 12.8 Å². The fourth-order valence-corrected chi connectivity index (χ4v) is 5.52. The Labute approximate surface area is 222 Å². The zero-order chi connectivity index (χ0) is 26.4. The van der Waals surface area contributed by atoms with Crippen molar-refractivity contribution in [2.45, 2.75) is 32.7 Å². The molecule has 190 valence electrons. The molecule has 2 aliphatic rings. The third-order valence-corrected chi connectivity index (χ3v) is 7.66. The van der Waals surface area contributed by atoms with E-state index >= 15 is 0 Å². The van der Waals surface area contributed by atoms with Crippen molar-refractivity contribution < 1.29 is 19.1 Å². The number of nitrogens with zero attached hydrogens (tertiary/aromatic N) is 1. The normalized spacial score (nSPS) is 15.8. The Kier molecular flexibility index (Phi) is 6.09. The van der Waals surface area contributed by atoms with Crippen LogP contribution < -0.4 is 9.47 Å². The van der Waals surface area contributed by atoms with Gasteiger partial charge in [-0.15, -0.1) is 0 Å². The van der Waals surface area contributed by atoms with Crippen molar-refractivity contribution in [3.05, 3.63) is 118 Å². The molecule has 0 fully saturated rings. The van der Waals surface area contributed by atoms with Gasteiger partial charge in [0.1, 0.15) is 0 Å². The van der Waals surface area contributed by atoms with Gasteiger partial charge >= 0.3 is 11.9 Å². The Morgan fingerprint density at radius 1 is 0.763 bits per heavy atom. The third kappa shape index (κ3) is 4.29. The average Bonchev–Trinajstić information content (AvgIpc) is 2.92. The first kappa shape index (κ1) is 24.1. The molecule has 0 saturated carbocycles. The summed E-state index contributed by atoms with van der Waals surface area (Å²) in [7, 11) is 2.16. The molecule has 0 aromatic heterocycles. The highest BCUT2D eigenvalue weighted by molar-refractivity contribution is 5.96. The fourth-order valence-electron chi connectivity index (χ4n) is 5.52. The molecule has 1 atom stereocenters. The number of hydrogen-bond donors (Lipinski definition) is 0. The molecule has 6 rings (SSSR count). The van der Waals surface area contributed by atoms with Gasteiger partial charge < -0.3 is 9.47 Å². The molecular formula is C33H29NO4. The first-order valence-electron chi connectivity index (χ1n) is 12.9. The molecule has 38 heavy (non-hydrogen) atoms. The van der Waals surface area contributed by atoms with Gasteiger partial charge in [0.05, 0.1) is 11.1 Å². The van der Waals surface area contributed by atoms with E-state index in [0.717, 1.165) is 47.2 Å². The van der Waals surface area contributed by atoms with E-state index in [1.165, 1.54) is 11.1 Å². The predicted molar refractivity (Wildman–Crippen MR) is 147 cm³/mol. The van der Waals surface area contributed by atoms with E-state index in [1.54, 1.807) is 30.3 Å². The van der Waals surface area contributed by atoms with Crippen LogP contribution in [0, 0.1) is 13.8 Å². The van der Waals surface area contributed by atoms with Crippen molar-refractivity contribution >= 4 is 11.9 Å². The molecule has 0 N–H and O–H groups in total. The van der Waals surface area contributed by atoms with Gasteiger partial charge in [-0.25, -0.2) is 9.59 Å². The Morgan fingerprint density at radius 3 is 2.05 bits per heavy atom. The minimum atomic E-state index is -0.499. The van der Waals surface area contributed by atoms with Gasteiger partial charge in [-0.3, -0.25) is 4.90 Å². The molecule has 1 aliphatic heterocycles. The number of carbonyl (C=O) groups is 2. The number of benzene rings is 4. The van der Waals surface area contributed by atoms with Crippen LogP contribution in [0.2, 0.25) is 0 Å². The van der Waals surface area contributed by atoms with Gasteiger partial charge in [0.15, 0.2) is 11.5 Å². The average molecular weight is 504 g/mol. The van der Waals surface area contributed by atoms with Crippen LogP contribution in [0.15, 0.2) is 78.9 Å². The van der Waals surface area contributed by atoms with Crippen LogP contribution in [0.4, 0.5) is 0 Å². The van der Waals surface area contributed by atoms with Crippen molar-refractivity contribution in [3.8, 4) is 22.6 Å². The van der Waals surface area contributed by atoms with Crippen LogP contribution in [0.3, 0.4) is 0 Å². The van der Waals surface area contributed by atoms with E-state index in [-0.39, 0.29) is 17.5 Å². The number of esters is 2. The summed E-state index contributed by atoms with van der Waals surface area (Å²) < 4.78 is 12.0. The molecule has 0 amide bonds. The minimum absolute atomic E-state index is 0.231. The number of fused-ring (bicyclic) bond motifs is 2. The van der Waals surface area contributed by atoms with Crippen LogP contribution in [0.5, 0.6) is 11.5 Å². The standard InChI is InChI=1S/C33H29NO4/c1-20-7-11-23(12-8-20)32(35)37-28-16-15-25-19-27-29-22(17-18-34(27)3)5-4-6-26(29)30(25)31(28)38-33(36)24-13-9-21(2)10-14-24/h4-16,27H,17-19H2,1-3H3. The molecule has 4 aromatic rings. The Morgan fingerprint density at radius 2 is 1.39 bits per heavy atom. The fraction of sp³-hybridized carbons (Fsp3) is 0.212. The second-order valence-electron chi connectivity index (χ2n) is 10.3. The maximum absolute atomic E-state index is 13.3. The van der Waals surface area contributed by atoms with Gasteiger partial charge in [-0.1, -0.05) is 59.7 Å². The molecule has 5 heteroatoms. The second kappa shape index (κ2) is 9.58. The zero-order valence-electron chi connectivity index (χ0n) is 21.8. The summed E-state index contributed by atoms with van der Waals surface area (Å²) in [6.45, 7) is 4.93. The van der Waals surface area contributed by atoms with Gasteiger partial charge in [0.2, 0.25) is 0 Å². The maximum Gasteiger partial charge on any atom is 0.343 e. The third-order valence-electron chi connectivity index (χ3n) is 7.66. The second-order valence-corrected chi connectivity index (χ2v) is 10.3.